The monoisotopic (exact) mass is 306 g/mol. The van der Waals surface area contributed by atoms with Crippen LogP contribution >= 0.6 is 22.9 Å². The number of nitrogens with one attached hydrogen (secondary N) is 1. The van der Waals surface area contributed by atoms with Gasteiger partial charge in [0, 0.05) is 18.2 Å². The summed E-state index contributed by atoms with van der Waals surface area (Å²) in [4.78, 5) is 16.5. The molecule has 6 heteroatoms. The number of aliphatic hydroxyl groups is 1. The van der Waals surface area contributed by atoms with E-state index in [4.69, 9.17) is 16.7 Å². The Morgan fingerprint density at radius 3 is 3.05 bits per heavy atom. The topological polar surface area (TPSA) is 62.2 Å². The van der Waals surface area contributed by atoms with Gasteiger partial charge >= 0.3 is 0 Å². The Labute approximate surface area is 125 Å². The van der Waals surface area contributed by atoms with Crippen molar-refractivity contribution < 1.29 is 9.90 Å². The maximum atomic E-state index is 12.0. The van der Waals surface area contributed by atoms with Gasteiger partial charge < -0.3 is 10.4 Å². The number of hydrogen-bond acceptors (Lipinski definition) is 4. The fourth-order valence-corrected chi connectivity index (χ4v) is 2.46. The average molecular weight is 307 g/mol. The van der Waals surface area contributed by atoms with Crippen LogP contribution in [0, 0.1) is 11.8 Å². The van der Waals surface area contributed by atoms with Crippen molar-refractivity contribution >= 4 is 34.7 Å². The van der Waals surface area contributed by atoms with E-state index in [1.54, 1.807) is 29.8 Å². The van der Waals surface area contributed by atoms with Gasteiger partial charge in [0.2, 0.25) is 0 Å². The van der Waals surface area contributed by atoms with Crippen LogP contribution in [0.4, 0.5) is 5.82 Å². The Hall–Kier alpha value is -1.87. The summed E-state index contributed by atoms with van der Waals surface area (Å²) in [5, 5.41) is 13.5. The molecule has 0 saturated heterocycles. The van der Waals surface area contributed by atoms with E-state index in [1.165, 1.54) is 11.3 Å². The Morgan fingerprint density at radius 1 is 1.50 bits per heavy atom. The first-order chi connectivity index (χ1) is 9.70. The fraction of sp³-hybridized carbons (Fsp3) is 0.143. The van der Waals surface area contributed by atoms with Crippen LogP contribution in [0.3, 0.4) is 0 Å². The molecule has 0 aliphatic carbocycles. The van der Waals surface area contributed by atoms with Crippen LogP contribution in [0.25, 0.3) is 0 Å². The molecule has 2 aromatic heterocycles. The number of halogens is 1. The van der Waals surface area contributed by atoms with Crippen LogP contribution in [0.2, 0.25) is 5.02 Å². The molecule has 0 radical (unpaired) electrons. The van der Waals surface area contributed by atoms with E-state index in [-0.39, 0.29) is 12.5 Å². The zero-order chi connectivity index (χ0) is 14.4. The fourth-order valence-electron chi connectivity index (χ4n) is 1.43. The third-order valence-corrected chi connectivity index (χ3v) is 3.63. The largest absolute Gasteiger partial charge is 0.395 e. The first kappa shape index (κ1) is 14.5. The lowest BCUT2D eigenvalue weighted by Gasteiger charge is -2.03. The molecule has 0 aliphatic heterocycles. The molecule has 0 aromatic carbocycles. The van der Waals surface area contributed by atoms with Crippen LogP contribution in [0.15, 0.2) is 29.8 Å². The van der Waals surface area contributed by atoms with Gasteiger partial charge in [0.1, 0.15) is 10.7 Å². The highest BCUT2D eigenvalue weighted by Gasteiger charge is 2.12. The van der Waals surface area contributed by atoms with Crippen molar-refractivity contribution in [2.75, 3.05) is 11.9 Å². The van der Waals surface area contributed by atoms with Gasteiger partial charge in [-0.3, -0.25) is 4.79 Å². The Kier molecular flexibility index (Phi) is 5.13. The number of anilines is 1. The molecule has 20 heavy (non-hydrogen) atoms. The summed E-state index contributed by atoms with van der Waals surface area (Å²) < 4.78 is 0. The van der Waals surface area contributed by atoms with Crippen LogP contribution < -0.4 is 5.32 Å². The first-order valence-electron chi connectivity index (χ1n) is 5.81. The standard InChI is InChI=1S/C14H11ClN2O2S/c15-11-5-8-20-13(11)14(19)17-12-9-10(4-6-16-12)3-1-2-7-18/h4-6,8-9,18H,2,7H2,(H,16,17,19). The van der Waals surface area contributed by atoms with Crippen LogP contribution in [0.5, 0.6) is 0 Å². The molecule has 4 nitrogen and oxygen atoms in total. The molecule has 0 spiro atoms. The van der Waals surface area contributed by atoms with Crippen LogP contribution in [-0.4, -0.2) is 22.6 Å². The van der Waals surface area contributed by atoms with E-state index in [0.717, 1.165) is 5.56 Å². The van der Waals surface area contributed by atoms with Gasteiger partial charge in [-0.05, 0) is 23.6 Å². The molecular weight excluding hydrogens is 296 g/mol. The van der Waals surface area contributed by atoms with Crippen LogP contribution in [-0.2, 0) is 0 Å². The molecule has 1 amide bonds. The molecule has 2 N–H and O–H groups in total. The van der Waals surface area contributed by atoms with Gasteiger partial charge in [0.05, 0.1) is 11.6 Å². The van der Waals surface area contributed by atoms with Crippen molar-refractivity contribution in [3.8, 4) is 11.8 Å². The number of aromatic nitrogens is 1. The quantitative estimate of drug-likeness (QED) is 0.857. The molecule has 0 saturated carbocycles. The summed E-state index contributed by atoms with van der Waals surface area (Å²) in [5.41, 5.74) is 0.723. The molecule has 2 rings (SSSR count). The maximum Gasteiger partial charge on any atom is 0.268 e. The van der Waals surface area contributed by atoms with E-state index < -0.39 is 0 Å². The highest BCUT2D eigenvalue weighted by atomic mass is 35.5. The number of hydrogen-bond donors (Lipinski definition) is 2. The summed E-state index contributed by atoms with van der Waals surface area (Å²) >= 11 is 7.17. The summed E-state index contributed by atoms with van der Waals surface area (Å²) in [5.74, 6) is 5.81. The number of nitrogens with zero attached hydrogens (tertiary/aromatic N) is 1. The van der Waals surface area contributed by atoms with Crippen molar-refractivity contribution in [3.05, 3.63) is 45.2 Å². The lowest BCUT2D eigenvalue weighted by atomic mass is 10.2. The normalized spacial score (nSPS) is 9.70. The molecule has 0 aliphatic rings. The molecule has 0 unspecified atom stereocenters. The Balaban J connectivity index is 2.11. The van der Waals surface area contributed by atoms with Gasteiger partial charge in [-0.1, -0.05) is 23.4 Å². The number of amides is 1. The van der Waals surface area contributed by atoms with E-state index in [9.17, 15) is 4.79 Å². The molecule has 2 aromatic rings. The lowest BCUT2D eigenvalue weighted by Crippen LogP contribution is -2.11. The molecule has 0 fully saturated rings. The van der Waals surface area contributed by atoms with Crippen molar-refractivity contribution in [2.45, 2.75) is 6.42 Å². The van der Waals surface area contributed by atoms with E-state index >= 15 is 0 Å². The summed E-state index contributed by atoms with van der Waals surface area (Å²) in [6.07, 6.45) is 1.98. The number of thiophene rings is 1. The van der Waals surface area contributed by atoms with Gasteiger partial charge in [0.15, 0.2) is 0 Å². The van der Waals surface area contributed by atoms with Crippen molar-refractivity contribution in [2.24, 2.45) is 0 Å². The van der Waals surface area contributed by atoms with Crippen molar-refractivity contribution in [3.63, 3.8) is 0 Å². The Bertz CT molecular complexity index is 673. The predicted molar refractivity (Wildman–Crippen MR) is 80.1 cm³/mol. The summed E-state index contributed by atoms with van der Waals surface area (Å²) in [7, 11) is 0. The smallest absolute Gasteiger partial charge is 0.268 e. The van der Waals surface area contributed by atoms with Crippen LogP contribution in [0.1, 0.15) is 21.7 Å². The SMILES string of the molecule is O=C(Nc1cc(C#CCCO)ccn1)c1sccc1Cl. The predicted octanol–water partition coefficient (Wildman–Crippen LogP) is 2.78. The second-order valence-corrected chi connectivity index (χ2v) is 5.08. The average Bonchev–Trinajstić information content (AvgIpc) is 2.86. The highest BCUT2D eigenvalue weighted by Crippen LogP contribution is 2.22. The second-order valence-electron chi connectivity index (χ2n) is 3.76. The van der Waals surface area contributed by atoms with Gasteiger partial charge in [-0.15, -0.1) is 11.3 Å². The molecule has 102 valence electrons. The van der Waals surface area contributed by atoms with E-state index in [1.807, 2.05) is 0 Å². The summed E-state index contributed by atoms with van der Waals surface area (Å²) in [6, 6.07) is 5.08. The van der Waals surface area contributed by atoms with E-state index in [0.29, 0.717) is 22.1 Å². The highest BCUT2D eigenvalue weighted by molar-refractivity contribution is 7.12. The lowest BCUT2D eigenvalue weighted by molar-refractivity contribution is 0.103. The third kappa shape index (κ3) is 3.81. The molecule has 2 heterocycles. The molecule has 0 bridgehead atoms. The number of carbonyl (C=O) groups is 1. The minimum atomic E-state index is -0.294. The molecular formula is C14H11ClN2O2S. The molecule has 0 atom stereocenters. The maximum absolute atomic E-state index is 12.0. The minimum Gasteiger partial charge on any atom is -0.395 e. The number of rotatable bonds is 3. The zero-order valence-corrected chi connectivity index (χ0v) is 12.0. The zero-order valence-electron chi connectivity index (χ0n) is 10.4. The first-order valence-corrected chi connectivity index (χ1v) is 7.06. The van der Waals surface area contributed by atoms with Crippen molar-refractivity contribution in [1.29, 1.82) is 0 Å². The minimum absolute atomic E-state index is 0.0263. The van der Waals surface area contributed by atoms with Crippen molar-refractivity contribution in [1.82, 2.24) is 4.98 Å². The second kappa shape index (κ2) is 7.06. The van der Waals surface area contributed by atoms with Gasteiger partial charge in [-0.25, -0.2) is 4.98 Å². The van der Waals surface area contributed by atoms with Gasteiger partial charge in [-0.2, -0.15) is 0 Å². The number of aliphatic hydroxyl groups excluding tert-OH is 1. The van der Waals surface area contributed by atoms with E-state index in [2.05, 4.69) is 22.1 Å². The van der Waals surface area contributed by atoms with Gasteiger partial charge in [0.25, 0.3) is 5.91 Å². The number of carbonyl (C=O) groups excluding carboxylic acids is 1. The third-order valence-electron chi connectivity index (χ3n) is 2.29. The Morgan fingerprint density at radius 2 is 2.35 bits per heavy atom. The summed E-state index contributed by atoms with van der Waals surface area (Å²) in [6.45, 7) is 0.0263. The number of pyridine rings is 1.